The normalized spacial score (nSPS) is 10.9. The first-order chi connectivity index (χ1) is 14.7. The Morgan fingerprint density at radius 2 is 1.97 bits per heavy atom. The van der Waals surface area contributed by atoms with Crippen molar-refractivity contribution in [3.63, 3.8) is 0 Å². The summed E-state index contributed by atoms with van der Waals surface area (Å²) < 4.78 is 6.31. The van der Waals surface area contributed by atoms with Gasteiger partial charge in [0.05, 0.1) is 36.0 Å². The quantitative estimate of drug-likeness (QED) is 0.374. The second kappa shape index (κ2) is 9.28. The third-order valence-corrected chi connectivity index (χ3v) is 6.48. The standard InChI is InChI=1S/C23H21N3O2S2/c1-28-18-8-11-21-20(14-18)25-23(30-21)26(15-17-5-3-4-12-24-17)22(27)13-16-6-9-19(29-2)10-7-16/h3-12,14H,13,15H2,1-2H3. The molecule has 5 nitrogen and oxygen atoms in total. The number of hydrogen-bond acceptors (Lipinski definition) is 6. The predicted octanol–water partition coefficient (Wildman–Crippen LogP) is 5.20. The SMILES string of the molecule is COc1ccc2sc(N(Cc3ccccn3)C(=O)Cc3ccc(SC)cc3)nc2c1. The maximum Gasteiger partial charge on any atom is 0.233 e. The Morgan fingerprint density at radius 3 is 2.67 bits per heavy atom. The minimum Gasteiger partial charge on any atom is -0.497 e. The van der Waals surface area contributed by atoms with Crippen LogP contribution in [-0.4, -0.2) is 29.2 Å². The number of methoxy groups -OCH3 is 1. The van der Waals surface area contributed by atoms with Crippen molar-refractivity contribution < 1.29 is 9.53 Å². The molecule has 152 valence electrons. The van der Waals surface area contributed by atoms with E-state index in [-0.39, 0.29) is 5.91 Å². The molecule has 0 spiro atoms. The van der Waals surface area contributed by atoms with Gasteiger partial charge in [-0.2, -0.15) is 0 Å². The number of nitrogens with zero attached hydrogens (tertiary/aromatic N) is 3. The van der Waals surface area contributed by atoms with E-state index in [1.165, 1.54) is 16.2 Å². The zero-order valence-electron chi connectivity index (χ0n) is 16.7. The molecule has 0 unspecified atom stereocenters. The lowest BCUT2D eigenvalue weighted by molar-refractivity contribution is -0.118. The Balaban J connectivity index is 1.65. The van der Waals surface area contributed by atoms with Crippen LogP contribution < -0.4 is 9.64 Å². The summed E-state index contributed by atoms with van der Waals surface area (Å²) in [5, 5.41) is 0.662. The first-order valence-corrected chi connectivity index (χ1v) is 11.5. The highest BCUT2D eigenvalue weighted by atomic mass is 32.2. The number of thiazole rings is 1. The number of ether oxygens (including phenoxy) is 1. The Labute approximate surface area is 183 Å². The summed E-state index contributed by atoms with van der Waals surface area (Å²) in [4.78, 5) is 25.3. The topological polar surface area (TPSA) is 55.3 Å². The smallest absolute Gasteiger partial charge is 0.233 e. The van der Waals surface area contributed by atoms with E-state index in [0.29, 0.717) is 18.1 Å². The molecule has 0 fully saturated rings. The van der Waals surface area contributed by atoms with Crippen LogP contribution in [0.15, 0.2) is 71.8 Å². The average Bonchev–Trinajstić information content (AvgIpc) is 3.21. The van der Waals surface area contributed by atoms with Gasteiger partial charge in [-0.05, 0) is 48.2 Å². The van der Waals surface area contributed by atoms with Gasteiger partial charge in [0.25, 0.3) is 0 Å². The van der Waals surface area contributed by atoms with Gasteiger partial charge in [0.15, 0.2) is 5.13 Å². The monoisotopic (exact) mass is 435 g/mol. The summed E-state index contributed by atoms with van der Waals surface area (Å²) in [6.07, 6.45) is 4.08. The van der Waals surface area contributed by atoms with Gasteiger partial charge in [0.2, 0.25) is 5.91 Å². The van der Waals surface area contributed by atoms with Crippen molar-refractivity contribution in [1.29, 1.82) is 0 Å². The van der Waals surface area contributed by atoms with Crippen molar-refractivity contribution in [2.45, 2.75) is 17.9 Å². The third-order valence-electron chi connectivity index (χ3n) is 4.68. The van der Waals surface area contributed by atoms with Gasteiger partial charge in [0, 0.05) is 17.2 Å². The largest absolute Gasteiger partial charge is 0.497 e. The summed E-state index contributed by atoms with van der Waals surface area (Å²) in [5.41, 5.74) is 2.62. The molecule has 2 aromatic heterocycles. The van der Waals surface area contributed by atoms with Gasteiger partial charge in [-0.3, -0.25) is 14.7 Å². The van der Waals surface area contributed by atoms with E-state index < -0.39 is 0 Å². The fourth-order valence-corrected chi connectivity index (χ4v) is 4.44. The molecule has 7 heteroatoms. The molecule has 0 saturated carbocycles. The molecule has 30 heavy (non-hydrogen) atoms. The molecule has 4 rings (SSSR count). The van der Waals surface area contributed by atoms with Crippen molar-refractivity contribution in [1.82, 2.24) is 9.97 Å². The Kier molecular flexibility index (Phi) is 6.30. The predicted molar refractivity (Wildman–Crippen MR) is 124 cm³/mol. The zero-order chi connectivity index (χ0) is 20.9. The molecule has 0 saturated heterocycles. The van der Waals surface area contributed by atoms with Crippen LogP contribution >= 0.6 is 23.1 Å². The molecule has 4 aromatic rings. The van der Waals surface area contributed by atoms with Crippen molar-refractivity contribution in [3.8, 4) is 5.75 Å². The van der Waals surface area contributed by atoms with Crippen molar-refractivity contribution >= 4 is 44.4 Å². The number of thioether (sulfide) groups is 1. The highest BCUT2D eigenvalue weighted by Crippen LogP contribution is 2.32. The number of carbonyl (C=O) groups is 1. The molecule has 0 aliphatic rings. The zero-order valence-corrected chi connectivity index (χ0v) is 18.4. The molecular formula is C23H21N3O2S2. The Bertz CT molecular complexity index is 1140. The van der Waals surface area contributed by atoms with Crippen LogP contribution in [0.25, 0.3) is 10.2 Å². The lowest BCUT2D eigenvalue weighted by Gasteiger charge is -2.19. The lowest BCUT2D eigenvalue weighted by Crippen LogP contribution is -2.32. The van der Waals surface area contributed by atoms with E-state index in [4.69, 9.17) is 9.72 Å². The second-order valence-corrected chi connectivity index (χ2v) is 8.54. The summed E-state index contributed by atoms with van der Waals surface area (Å²) in [7, 11) is 1.63. The maximum atomic E-state index is 13.3. The van der Waals surface area contributed by atoms with Crippen molar-refractivity contribution in [2.24, 2.45) is 0 Å². The van der Waals surface area contributed by atoms with E-state index in [1.807, 2.05) is 66.9 Å². The number of fused-ring (bicyclic) bond motifs is 1. The summed E-state index contributed by atoms with van der Waals surface area (Å²) in [6.45, 7) is 0.375. The average molecular weight is 436 g/mol. The first-order valence-electron chi connectivity index (χ1n) is 9.44. The highest BCUT2D eigenvalue weighted by molar-refractivity contribution is 7.98. The van der Waals surface area contributed by atoms with Gasteiger partial charge in [-0.15, -0.1) is 11.8 Å². The molecule has 1 amide bonds. The molecule has 2 heterocycles. The van der Waals surface area contributed by atoms with Crippen LogP contribution in [0, 0.1) is 0 Å². The van der Waals surface area contributed by atoms with Crippen LogP contribution in [0.3, 0.4) is 0 Å². The molecule has 0 atom stereocenters. The molecule has 0 aliphatic carbocycles. The summed E-state index contributed by atoms with van der Waals surface area (Å²) in [6, 6.07) is 19.6. The van der Waals surface area contributed by atoms with Gasteiger partial charge in [0.1, 0.15) is 5.75 Å². The highest BCUT2D eigenvalue weighted by Gasteiger charge is 2.21. The van der Waals surface area contributed by atoms with Crippen molar-refractivity contribution in [3.05, 3.63) is 78.1 Å². The number of benzene rings is 2. The lowest BCUT2D eigenvalue weighted by atomic mass is 10.1. The maximum absolute atomic E-state index is 13.3. The third kappa shape index (κ3) is 4.63. The number of carbonyl (C=O) groups excluding carboxylic acids is 1. The summed E-state index contributed by atoms with van der Waals surface area (Å²) in [5.74, 6) is 0.736. The number of aromatic nitrogens is 2. The fraction of sp³-hybridized carbons (Fsp3) is 0.174. The van der Waals surface area contributed by atoms with Crippen LogP contribution in [0.1, 0.15) is 11.3 Å². The van der Waals surface area contributed by atoms with Gasteiger partial charge >= 0.3 is 0 Å². The minimum atomic E-state index is -0.0106. The number of rotatable bonds is 7. The Hall–Kier alpha value is -2.90. The molecular weight excluding hydrogens is 414 g/mol. The fourth-order valence-electron chi connectivity index (χ4n) is 3.07. The molecule has 2 aromatic carbocycles. The van der Waals surface area contributed by atoms with Crippen LogP contribution in [0.2, 0.25) is 0 Å². The van der Waals surface area contributed by atoms with Gasteiger partial charge in [-0.25, -0.2) is 4.98 Å². The van der Waals surface area contributed by atoms with E-state index in [1.54, 1.807) is 30.0 Å². The number of hydrogen-bond donors (Lipinski definition) is 0. The number of amides is 1. The van der Waals surface area contributed by atoms with Crippen molar-refractivity contribution in [2.75, 3.05) is 18.3 Å². The number of anilines is 1. The molecule has 0 N–H and O–H groups in total. The van der Waals surface area contributed by atoms with E-state index in [2.05, 4.69) is 4.98 Å². The molecule has 0 radical (unpaired) electrons. The Morgan fingerprint density at radius 1 is 1.13 bits per heavy atom. The van der Waals surface area contributed by atoms with Crippen LogP contribution in [0.5, 0.6) is 5.75 Å². The second-order valence-electron chi connectivity index (χ2n) is 6.66. The first kappa shape index (κ1) is 20.4. The van der Waals surface area contributed by atoms with E-state index in [0.717, 1.165) is 27.2 Å². The van der Waals surface area contributed by atoms with Crippen LogP contribution in [-0.2, 0) is 17.8 Å². The number of pyridine rings is 1. The van der Waals surface area contributed by atoms with Gasteiger partial charge in [-0.1, -0.05) is 29.5 Å². The molecule has 0 aliphatic heterocycles. The van der Waals surface area contributed by atoms with E-state index in [9.17, 15) is 4.79 Å². The van der Waals surface area contributed by atoms with Gasteiger partial charge < -0.3 is 4.74 Å². The molecule has 0 bridgehead atoms. The minimum absolute atomic E-state index is 0.0106. The van der Waals surface area contributed by atoms with Crippen LogP contribution in [0.4, 0.5) is 5.13 Å². The summed E-state index contributed by atoms with van der Waals surface area (Å²) >= 11 is 3.18. The van der Waals surface area contributed by atoms with E-state index >= 15 is 0 Å².